The highest BCUT2D eigenvalue weighted by atomic mass is 35.5. The SMILES string of the molecule is CCCc1ccc(CNC(=O)[C@H]2CN(c3cnc4cncc(C(=O)O)c4n3)CCN2S(=O)(=O)c2ccc(Cl)cc2)cc1. The number of sulfonamides is 1. The van der Waals surface area contributed by atoms with Crippen LogP contribution in [-0.2, 0) is 27.8 Å². The summed E-state index contributed by atoms with van der Waals surface area (Å²) in [6.45, 7) is 2.49. The molecule has 1 aliphatic rings. The number of hydrogen-bond donors (Lipinski definition) is 2. The molecule has 5 rings (SSSR count). The number of fused-ring (bicyclic) bond motifs is 1. The predicted molar refractivity (Wildman–Crippen MR) is 158 cm³/mol. The Morgan fingerprint density at radius 1 is 1.02 bits per heavy atom. The van der Waals surface area contributed by atoms with Crippen LogP contribution in [0.5, 0.6) is 0 Å². The number of aromatic carboxylic acids is 1. The summed E-state index contributed by atoms with van der Waals surface area (Å²) in [5, 5.41) is 12.9. The second kappa shape index (κ2) is 12.4. The van der Waals surface area contributed by atoms with Gasteiger partial charge in [0.05, 0.1) is 17.3 Å². The monoisotopic (exact) mass is 608 g/mol. The fourth-order valence-electron chi connectivity index (χ4n) is 4.87. The zero-order chi connectivity index (χ0) is 29.9. The fourth-order valence-corrected chi connectivity index (χ4v) is 6.57. The van der Waals surface area contributed by atoms with Crippen LogP contribution in [0, 0.1) is 0 Å². The van der Waals surface area contributed by atoms with E-state index < -0.39 is 27.9 Å². The summed E-state index contributed by atoms with van der Waals surface area (Å²) in [5.74, 6) is -1.35. The number of amides is 1. The average Bonchev–Trinajstić information content (AvgIpc) is 3.00. The summed E-state index contributed by atoms with van der Waals surface area (Å²) in [7, 11) is -4.06. The molecule has 1 fully saturated rings. The van der Waals surface area contributed by atoms with Crippen molar-refractivity contribution in [2.75, 3.05) is 24.5 Å². The van der Waals surface area contributed by atoms with Crippen LogP contribution < -0.4 is 10.2 Å². The first-order valence-electron chi connectivity index (χ1n) is 13.4. The molecule has 2 N–H and O–H groups in total. The molecule has 3 heterocycles. The van der Waals surface area contributed by atoms with E-state index in [4.69, 9.17) is 11.6 Å². The van der Waals surface area contributed by atoms with Gasteiger partial charge < -0.3 is 15.3 Å². The number of pyridine rings is 1. The first kappa shape index (κ1) is 29.4. The molecule has 13 heteroatoms. The summed E-state index contributed by atoms with van der Waals surface area (Å²) in [5.41, 5.74) is 2.44. The predicted octanol–water partition coefficient (Wildman–Crippen LogP) is 3.52. The number of piperazine rings is 1. The van der Waals surface area contributed by atoms with Crippen molar-refractivity contribution in [3.05, 3.63) is 88.8 Å². The maximum atomic E-state index is 13.7. The number of rotatable bonds is 9. The normalized spacial score (nSPS) is 16.0. The molecular weight excluding hydrogens is 580 g/mol. The standard InChI is InChI=1S/C29H29ClN6O5S/c1-2-3-19-4-6-20(7-5-19)14-33-28(37)25-18-35(12-13-36(25)42(40,41)22-10-8-21(30)9-11-22)26-17-32-24-16-31-15-23(29(38)39)27(24)34-26/h4-11,15-17,25H,2-3,12-14,18H2,1H3,(H,33,37)(H,38,39)/t25-/m1/s1. The van der Waals surface area contributed by atoms with E-state index in [9.17, 15) is 23.1 Å². The van der Waals surface area contributed by atoms with Crippen LogP contribution in [0.2, 0.25) is 5.02 Å². The lowest BCUT2D eigenvalue weighted by Gasteiger charge is -2.40. The highest BCUT2D eigenvalue weighted by molar-refractivity contribution is 7.89. The maximum Gasteiger partial charge on any atom is 0.339 e. The number of halogens is 1. The lowest BCUT2D eigenvalue weighted by molar-refractivity contribution is -0.125. The van der Waals surface area contributed by atoms with E-state index in [1.54, 1.807) is 4.90 Å². The zero-order valence-electron chi connectivity index (χ0n) is 22.8. The second-order valence-electron chi connectivity index (χ2n) is 9.90. The third-order valence-corrected chi connectivity index (χ3v) is 9.25. The number of carboxylic acids is 1. The molecule has 4 aromatic rings. The topological polar surface area (TPSA) is 146 Å². The molecule has 1 saturated heterocycles. The van der Waals surface area contributed by atoms with E-state index in [1.807, 2.05) is 24.3 Å². The van der Waals surface area contributed by atoms with Crippen LogP contribution in [0.1, 0.15) is 34.8 Å². The Morgan fingerprint density at radius 3 is 2.43 bits per heavy atom. The van der Waals surface area contributed by atoms with Gasteiger partial charge in [-0.05, 0) is 41.8 Å². The number of hydrogen-bond acceptors (Lipinski definition) is 8. The molecule has 218 valence electrons. The van der Waals surface area contributed by atoms with E-state index >= 15 is 0 Å². The van der Waals surface area contributed by atoms with Gasteiger partial charge >= 0.3 is 5.97 Å². The van der Waals surface area contributed by atoms with Crippen molar-refractivity contribution in [2.24, 2.45) is 0 Å². The first-order chi connectivity index (χ1) is 20.2. The van der Waals surface area contributed by atoms with Gasteiger partial charge in [-0.3, -0.25) is 9.78 Å². The number of nitrogens with zero attached hydrogens (tertiary/aromatic N) is 5. The van der Waals surface area contributed by atoms with Crippen molar-refractivity contribution in [2.45, 2.75) is 37.2 Å². The molecule has 0 spiro atoms. The quantitative estimate of drug-likeness (QED) is 0.291. The highest BCUT2D eigenvalue weighted by Crippen LogP contribution is 2.26. The molecule has 11 nitrogen and oxygen atoms in total. The van der Waals surface area contributed by atoms with Crippen molar-refractivity contribution < 1.29 is 23.1 Å². The number of benzene rings is 2. The van der Waals surface area contributed by atoms with Crippen LogP contribution in [0.4, 0.5) is 5.82 Å². The Labute approximate surface area is 248 Å². The summed E-state index contributed by atoms with van der Waals surface area (Å²) < 4.78 is 28.6. The smallest absolute Gasteiger partial charge is 0.339 e. The van der Waals surface area contributed by atoms with Gasteiger partial charge in [0.15, 0.2) is 0 Å². The zero-order valence-corrected chi connectivity index (χ0v) is 24.3. The minimum atomic E-state index is -4.06. The van der Waals surface area contributed by atoms with E-state index in [-0.39, 0.29) is 42.2 Å². The molecule has 1 aliphatic heterocycles. The molecule has 2 aromatic carbocycles. The Hall–Kier alpha value is -4.13. The van der Waals surface area contributed by atoms with Gasteiger partial charge in [-0.25, -0.2) is 23.2 Å². The van der Waals surface area contributed by atoms with Crippen molar-refractivity contribution in [3.63, 3.8) is 0 Å². The van der Waals surface area contributed by atoms with Crippen LogP contribution in [0.25, 0.3) is 11.0 Å². The van der Waals surface area contributed by atoms with Gasteiger partial charge in [0.2, 0.25) is 15.9 Å². The highest BCUT2D eigenvalue weighted by Gasteiger charge is 2.40. The number of nitrogens with one attached hydrogen (secondary N) is 1. The Morgan fingerprint density at radius 2 is 1.74 bits per heavy atom. The molecule has 2 aromatic heterocycles. The van der Waals surface area contributed by atoms with Crippen molar-refractivity contribution >= 4 is 50.4 Å². The number of aryl methyl sites for hydroxylation is 1. The van der Waals surface area contributed by atoms with Crippen LogP contribution in [0.15, 0.2) is 72.0 Å². The molecule has 0 unspecified atom stereocenters. The Bertz CT molecular complexity index is 1720. The van der Waals surface area contributed by atoms with E-state index in [0.717, 1.165) is 18.4 Å². The van der Waals surface area contributed by atoms with Gasteiger partial charge in [-0.15, -0.1) is 0 Å². The molecular formula is C29H29ClN6O5S. The number of carbonyl (C=O) groups is 2. The van der Waals surface area contributed by atoms with Gasteiger partial charge in [0.1, 0.15) is 28.5 Å². The lowest BCUT2D eigenvalue weighted by Crippen LogP contribution is -2.60. The number of carboxylic acid groups (broad SMARTS) is 1. The summed E-state index contributed by atoms with van der Waals surface area (Å²) in [4.78, 5) is 39.9. The summed E-state index contributed by atoms with van der Waals surface area (Å²) in [6, 6.07) is 12.6. The van der Waals surface area contributed by atoms with E-state index in [0.29, 0.717) is 16.4 Å². The van der Waals surface area contributed by atoms with Gasteiger partial charge in [0.25, 0.3) is 0 Å². The largest absolute Gasteiger partial charge is 0.478 e. The van der Waals surface area contributed by atoms with Crippen molar-refractivity contribution in [1.29, 1.82) is 0 Å². The number of aromatic nitrogens is 3. The number of carbonyl (C=O) groups excluding carboxylic acids is 1. The van der Waals surface area contributed by atoms with Crippen molar-refractivity contribution in [1.82, 2.24) is 24.6 Å². The van der Waals surface area contributed by atoms with Gasteiger partial charge in [-0.2, -0.15) is 4.31 Å². The van der Waals surface area contributed by atoms with Crippen LogP contribution in [0.3, 0.4) is 0 Å². The average molecular weight is 609 g/mol. The second-order valence-corrected chi connectivity index (χ2v) is 12.2. The third-order valence-electron chi connectivity index (χ3n) is 7.08. The van der Waals surface area contributed by atoms with Crippen LogP contribution in [-0.4, -0.2) is 70.3 Å². The minimum absolute atomic E-state index is 0.0173. The molecule has 1 amide bonds. The fraction of sp³-hybridized carbons (Fsp3) is 0.276. The summed E-state index contributed by atoms with van der Waals surface area (Å²) in [6.07, 6.45) is 6.07. The minimum Gasteiger partial charge on any atom is -0.478 e. The molecule has 0 radical (unpaired) electrons. The molecule has 0 aliphatic carbocycles. The Balaban J connectivity index is 1.44. The lowest BCUT2D eigenvalue weighted by atomic mass is 10.1. The van der Waals surface area contributed by atoms with Crippen LogP contribution >= 0.6 is 11.6 Å². The number of anilines is 1. The first-order valence-corrected chi connectivity index (χ1v) is 15.2. The summed E-state index contributed by atoms with van der Waals surface area (Å²) >= 11 is 5.98. The van der Waals surface area contributed by atoms with Gasteiger partial charge in [-0.1, -0.05) is 49.2 Å². The van der Waals surface area contributed by atoms with Gasteiger partial charge in [0, 0.05) is 37.4 Å². The molecule has 0 saturated carbocycles. The van der Waals surface area contributed by atoms with E-state index in [2.05, 4.69) is 27.2 Å². The Kier molecular flexibility index (Phi) is 8.66. The molecule has 0 bridgehead atoms. The van der Waals surface area contributed by atoms with Crippen molar-refractivity contribution in [3.8, 4) is 0 Å². The third kappa shape index (κ3) is 6.20. The molecule has 1 atom stereocenters. The maximum absolute atomic E-state index is 13.7. The molecule has 42 heavy (non-hydrogen) atoms. The van der Waals surface area contributed by atoms with E-state index in [1.165, 1.54) is 52.7 Å².